The molecule has 1 aromatic rings. The lowest BCUT2D eigenvalue weighted by Crippen LogP contribution is -2.17. The van der Waals surface area contributed by atoms with Gasteiger partial charge in [0.2, 0.25) is 10.0 Å². The van der Waals surface area contributed by atoms with Crippen LogP contribution in [0.5, 0.6) is 0 Å². The van der Waals surface area contributed by atoms with Gasteiger partial charge in [-0.1, -0.05) is 0 Å². The number of aryl methyl sites for hydroxylation is 1. The van der Waals surface area contributed by atoms with Crippen molar-refractivity contribution >= 4 is 10.0 Å². The van der Waals surface area contributed by atoms with E-state index in [0.717, 1.165) is 0 Å². The van der Waals surface area contributed by atoms with Crippen molar-refractivity contribution in [3.05, 3.63) is 12.4 Å². The van der Waals surface area contributed by atoms with E-state index in [1.165, 1.54) is 24.1 Å². The number of aromatic nitrogens is 2. The normalized spacial score (nSPS) is 11.9. The molecule has 6 nitrogen and oxygen atoms in total. The van der Waals surface area contributed by atoms with E-state index in [1.807, 2.05) is 0 Å². The molecule has 0 aliphatic rings. The second-order valence-corrected chi connectivity index (χ2v) is 4.61. The molecule has 0 aromatic carbocycles. The van der Waals surface area contributed by atoms with Crippen molar-refractivity contribution in [2.45, 2.75) is 17.9 Å². The summed E-state index contributed by atoms with van der Waals surface area (Å²) in [5.41, 5.74) is 0. The molecule has 0 spiro atoms. The van der Waals surface area contributed by atoms with Crippen LogP contribution in [-0.2, 0) is 16.6 Å². The Balaban J connectivity index is 2.78. The highest BCUT2D eigenvalue weighted by molar-refractivity contribution is 7.89. The Hall–Kier alpha value is -0.920. The number of aliphatic hydroxyl groups is 1. The zero-order chi connectivity index (χ0) is 10.6. The Morgan fingerprint density at radius 3 is 2.93 bits per heavy atom. The van der Waals surface area contributed by atoms with Gasteiger partial charge in [-0.25, -0.2) is 13.1 Å². The standard InChI is InChI=1S/C7H13N3O3S/c1-8-14(12,13)7-5-9-10(6-7)3-2-4-11/h5-6,8,11H,2-4H2,1H3. The van der Waals surface area contributed by atoms with Crippen molar-refractivity contribution in [1.82, 2.24) is 14.5 Å². The lowest BCUT2D eigenvalue weighted by Gasteiger charge is -1.98. The molecule has 2 N–H and O–H groups in total. The lowest BCUT2D eigenvalue weighted by molar-refractivity contribution is 0.277. The van der Waals surface area contributed by atoms with Gasteiger partial charge in [0.05, 0.1) is 6.20 Å². The third-order valence-electron chi connectivity index (χ3n) is 1.73. The van der Waals surface area contributed by atoms with Gasteiger partial charge in [0, 0.05) is 19.3 Å². The third-order valence-corrected chi connectivity index (χ3v) is 3.10. The second-order valence-electron chi connectivity index (χ2n) is 2.72. The van der Waals surface area contributed by atoms with Gasteiger partial charge < -0.3 is 5.11 Å². The minimum atomic E-state index is -3.40. The molecular weight excluding hydrogens is 206 g/mol. The van der Waals surface area contributed by atoms with Gasteiger partial charge in [0.15, 0.2) is 0 Å². The first-order valence-corrected chi connectivity index (χ1v) is 5.65. The zero-order valence-corrected chi connectivity index (χ0v) is 8.66. The molecule has 0 amide bonds. The van der Waals surface area contributed by atoms with E-state index in [1.54, 1.807) is 0 Å². The van der Waals surface area contributed by atoms with E-state index in [2.05, 4.69) is 9.82 Å². The summed E-state index contributed by atoms with van der Waals surface area (Å²) in [6.45, 7) is 0.573. The van der Waals surface area contributed by atoms with Gasteiger partial charge in [-0.05, 0) is 13.5 Å². The average Bonchev–Trinajstić information content (AvgIpc) is 2.63. The molecule has 0 unspecified atom stereocenters. The number of nitrogens with one attached hydrogen (secondary N) is 1. The quantitative estimate of drug-likeness (QED) is 0.677. The fourth-order valence-electron chi connectivity index (χ4n) is 0.956. The number of aliphatic hydroxyl groups excluding tert-OH is 1. The van der Waals surface area contributed by atoms with Crippen molar-refractivity contribution < 1.29 is 13.5 Å². The largest absolute Gasteiger partial charge is 0.396 e. The van der Waals surface area contributed by atoms with Crippen molar-refractivity contribution in [3.8, 4) is 0 Å². The highest BCUT2D eigenvalue weighted by Crippen LogP contribution is 2.05. The Kier molecular flexibility index (Phi) is 3.62. The highest BCUT2D eigenvalue weighted by atomic mass is 32.2. The average molecular weight is 219 g/mol. The van der Waals surface area contributed by atoms with Crippen molar-refractivity contribution in [3.63, 3.8) is 0 Å². The maximum atomic E-state index is 11.3. The molecule has 1 aromatic heterocycles. The van der Waals surface area contributed by atoms with Crippen LogP contribution in [0.2, 0.25) is 0 Å². The van der Waals surface area contributed by atoms with E-state index in [9.17, 15) is 8.42 Å². The van der Waals surface area contributed by atoms with E-state index in [-0.39, 0.29) is 11.5 Å². The fraction of sp³-hybridized carbons (Fsp3) is 0.571. The summed E-state index contributed by atoms with van der Waals surface area (Å²) >= 11 is 0. The summed E-state index contributed by atoms with van der Waals surface area (Å²) < 4.78 is 26.2. The first kappa shape index (κ1) is 11.2. The summed E-state index contributed by atoms with van der Waals surface area (Å²) in [6.07, 6.45) is 3.27. The third kappa shape index (κ3) is 2.53. The number of nitrogens with zero attached hydrogens (tertiary/aromatic N) is 2. The molecule has 0 radical (unpaired) electrons. The first-order valence-electron chi connectivity index (χ1n) is 4.17. The Bertz CT molecular complexity index is 385. The zero-order valence-electron chi connectivity index (χ0n) is 7.84. The molecule has 0 saturated carbocycles. The van der Waals surface area contributed by atoms with Crippen LogP contribution in [0.25, 0.3) is 0 Å². The van der Waals surface area contributed by atoms with E-state index in [4.69, 9.17) is 5.11 Å². The van der Waals surface area contributed by atoms with E-state index in [0.29, 0.717) is 13.0 Å². The molecule has 80 valence electrons. The van der Waals surface area contributed by atoms with Gasteiger partial charge in [0.1, 0.15) is 4.90 Å². The van der Waals surface area contributed by atoms with Crippen molar-refractivity contribution in [1.29, 1.82) is 0 Å². The van der Waals surface area contributed by atoms with Crippen LogP contribution in [-0.4, -0.2) is 37.0 Å². The summed E-state index contributed by atoms with van der Waals surface area (Å²) in [4.78, 5) is 0.137. The van der Waals surface area contributed by atoms with Crippen LogP contribution in [0.4, 0.5) is 0 Å². The van der Waals surface area contributed by atoms with E-state index < -0.39 is 10.0 Å². The van der Waals surface area contributed by atoms with Gasteiger partial charge in [0.25, 0.3) is 0 Å². The smallest absolute Gasteiger partial charge is 0.243 e. The minimum absolute atomic E-state index is 0.0635. The Morgan fingerprint density at radius 2 is 2.36 bits per heavy atom. The van der Waals surface area contributed by atoms with Gasteiger partial charge >= 0.3 is 0 Å². The van der Waals surface area contributed by atoms with Crippen LogP contribution in [0, 0.1) is 0 Å². The predicted molar refractivity (Wildman–Crippen MR) is 50.2 cm³/mol. The Labute approximate surface area is 82.6 Å². The number of rotatable bonds is 5. The molecule has 0 saturated heterocycles. The summed E-state index contributed by atoms with van der Waals surface area (Å²) in [5.74, 6) is 0. The number of hydrogen-bond acceptors (Lipinski definition) is 4. The molecule has 0 aliphatic heterocycles. The first-order chi connectivity index (χ1) is 6.60. The summed E-state index contributed by atoms with van der Waals surface area (Å²) in [5, 5.41) is 12.4. The molecule has 0 atom stereocenters. The maximum Gasteiger partial charge on any atom is 0.243 e. The molecule has 0 aliphatic carbocycles. The van der Waals surface area contributed by atoms with Crippen LogP contribution in [0.1, 0.15) is 6.42 Å². The minimum Gasteiger partial charge on any atom is -0.396 e. The van der Waals surface area contributed by atoms with Crippen LogP contribution < -0.4 is 4.72 Å². The molecule has 1 heterocycles. The monoisotopic (exact) mass is 219 g/mol. The Morgan fingerprint density at radius 1 is 1.64 bits per heavy atom. The number of sulfonamides is 1. The molecule has 14 heavy (non-hydrogen) atoms. The topological polar surface area (TPSA) is 84.2 Å². The molecule has 0 bridgehead atoms. The maximum absolute atomic E-state index is 11.3. The summed E-state index contributed by atoms with van der Waals surface area (Å²) in [6, 6.07) is 0. The second kappa shape index (κ2) is 4.54. The van der Waals surface area contributed by atoms with E-state index >= 15 is 0 Å². The highest BCUT2D eigenvalue weighted by Gasteiger charge is 2.13. The van der Waals surface area contributed by atoms with Gasteiger partial charge in [-0.2, -0.15) is 5.10 Å². The molecule has 7 heteroatoms. The van der Waals surface area contributed by atoms with Gasteiger partial charge in [-0.3, -0.25) is 4.68 Å². The van der Waals surface area contributed by atoms with Crippen LogP contribution in [0.15, 0.2) is 17.3 Å². The SMILES string of the molecule is CNS(=O)(=O)c1cnn(CCCO)c1. The summed E-state index contributed by atoms with van der Waals surface area (Å²) in [7, 11) is -2.05. The van der Waals surface area contributed by atoms with Crippen molar-refractivity contribution in [2.24, 2.45) is 0 Å². The lowest BCUT2D eigenvalue weighted by atomic mass is 10.5. The van der Waals surface area contributed by atoms with Crippen LogP contribution in [0.3, 0.4) is 0 Å². The fourth-order valence-corrected chi connectivity index (χ4v) is 1.64. The molecule has 0 fully saturated rings. The predicted octanol–water partition coefficient (Wildman–Crippen LogP) is -0.826. The van der Waals surface area contributed by atoms with Crippen LogP contribution >= 0.6 is 0 Å². The number of hydrogen-bond donors (Lipinski definition) is 2. The molecular formula is C7H13N3O3S. The molecule has 1 rings (SSSR count). The van der Waals surface area contributed by atoms with Crippen molar-refractivity contribution in [2.75, 3.05) is 13.7 Å². The van der Waals surface area contributed by atoms with Gasteiger partial charge in [-0.15, -0.1) is 0 Å².